The number of nitrogens with one attached hydrogen (secondary N) is 1. The van der Waals surface area contributed by atoms with Crippen LogP contribution in [0.15, 0.2) is 0 Å². The Morgan fingerprint density at radius 3 is 2.62 bits per heavy atom. The highest BCUT2D eigenvalue weighted by Crippen LogP contribution is 2.15. The molecule has 0 aliphatic carbocycles. The lowest BCUT2D eigenvalue weighted by atomic mass is 10.1. The number of aliphatic hydroxyl groups is 1. The van der Waals surface area contributed by atoms with Crippen LogP contribution in [0.25, 0.3) is 0 Å². The fraction of sp³-hybridized carbons (Fsp3) is 0.909. The monoisotopic (exact) mass is 230 g/mol. The molecule has 1 rings (SSSR count). The first kappa shape index (κ1) is 13.3. The molecule has 1 heterocycles. The molecule has 0 unspecified atom stereocenters. The highest BCUT2D eigenvalue weighted by Gasteiger charge is 2.31. The van der Waals surface area contributed by atoms with Gasteiger partial charge in [0.2, 0.25) is 0 Å². The number of likely N-dealkylation sites (N-methyl/N-ethyl adjacent to an activating group) is 1. The van der Waals surface area contributed by atoms with Gasteiger partial charge < -0.3 is 20.1 Å². The van der Waals surface area contributed by atoms with E-state index in [1.165, 1.54) is 0 Å². The van der Waals surface area contributed by atoms with Gasteiger partial charge in [-0.15, -0.1) is 0 Å². The SMILES string of the molecule is CN(C(=O)OC(C)(C)C)[C@H]1CN[C@H](CO)C1. The fourth-order valence-corrected chi connectivity index (χ4v) is 1.71. The van der Waals surface area contributed by atoms with Crippen molar-refractivity contribution in [3.8, 4) is 0 Å². The Morgan fingerprint density at radius 1 is 1.56 bits per heavy atom. The first-order valence-corrected chi connectivity index (χ1v) is 5.63. The third-order valence-corrected chi connectivity index (χ3v) is 2.65. The van der Waals surface area contributed by atoms with Gasteiger partial charge in [0, 0.05) is 25.7 Å². The zero-order chi connectivity index (χ0) is 12.3. The predicted molar refractivity (Wildman–Crippen MR) is 61.3 cm³/mol. The Bertz CT molecular complexity index is 250. The van der Waals surface area contributed by atoms with Crippen LogP contribution in [0.1, 0.15) is 27.2 Å². The summed E-state index contributed by atoms with van der Waals surface area (Å²) in [7, 11) is 1.74. The Labute approximate surface area is 96.8 Å². The third kappa shape index (κ3) is 3.64. The summed E-state index contributed by atoms with van der Waals surface area (Å²) in [4.78, 5) is 13.4. The number of ether oxygens (including phenoxy) is 1. The topological polar surface area (TPSA) is 61.8 Å². The number of amides is 1. The lowest BCUT2D eigenvalue weighted by molar-refractivity contribution is 0.0233. The van der Waals surface area contributed by atoms with E-state index < -0.39 is 5.60 Å². The maximum atomic E-state index is 11.8. The minimum absolute atomic E-state index is 0.0925. The van der Waals surface area contributed by atoms with E-state index in [9.17, 15) is 4.79 Å². The molecule has 0 aromatic heterocycles. The van der Waals surface area contributed by atoms with Gasteiger partial charge in [-0.2, -0.15) is 0 Å². The van der Waals surface area contributed by atoms with Crippen LogP contribution in [-0.4, -0.2) is 54.0 Å². The second kappa shape index (κ2) is 5.01. The second-order valence-corrected chi connectivity index (χ2v) is 5.27. The van der Waals surface area contributed by atoms with Gasteiger partial charge in [0.1, 0.15) is 5.60 Å². The van der Waals surface area contributed by atoms with Gasteiger partial charge in [-0.05, 0) is 27.2 Å². The molecule has 0 saturated carbocycles. The van der Waals surface area contributed by atoms with Gasteiger partial charge >= 0.3 is 6.09 Å². The summed E-state index contributed by atoms with van der Waals surface area (Å²) in [6, 6.07) is 0.196. The molecule has 0 bridgehead atoms. The molecule has 1 aliphatic heterocycles. The Balaban J connectivity index is 2.46. The first-order valence-electron chi connectivity index (χ1n) is 5.63. The number of aliphatic hydroxyl groups excluding tert-OH is 1. The van der Waals surface area contributed by atoms with Crippen molar-refractivity contribution in [3.05, 3.63) is 0 Å². The highest BCUT2D eigenvalue weighted by molar-refractivity contribution is 5.68. The molecule has 0 aromatic carbocycles. The number of carbonyl (C=O) groups is 1. The van der Waals surface area contributed by atoms with E-state index in [1.54, 1.807) is 11.9 Å². The van der Waals surface area contributed by atoms with Crippen molar-refractivity contribution in [2.45, 2.75) is 44.9 Å². The molecule has 5 nitrogen and oxygen atoms in total. The fourth-order valence-electron chi connectivity index (χ4n) is 1.71. The van der Waals surface area contributed by atoms with Gasteiger partial charge in [0.05, 0.1) is 6.61 Å². The van der Waals surface area contributed by atoms with Crippen molar-refractivity contribution in [1.82, 2.24) is 10.2 Å². The van der Waals surface area contributed by atoms with Gasteiger partial charge in [-0.25, -0.2) is 4.79 Å². The summed E-state index contributed by atoms with van der Waals surface area (Å²) in [6.45, 7) is 6.37. The minimum atomic E-state index is -0.465. The van der Waals surface area contributed by atoms with E-state index in [-0.39, 0.29) is 24.8 Å². The standard InChI is InChI=1S/C11H22N2O3/c1-11(2,3)16-10(15)13(4)9-5-8(7-14)12-6-9/h8-9,12,14H,5-7H2,1-4H3/t8-,9+/m0/s1. The van der Waals surface area contributed by atoms with Crippen molar-refractivity contribution in [2.75, 3.05) is 20.2 Å². The minimum Gasteiger partial charge on any atom is -0.444 e. The van der Waals surface area contributed by atoms with Crippen LogP contribution >= 0.6 is 0 Å². The lowest BCUT2D eigenvalue weighted by Gasteiger charge is -2.28. The molecule has 1 saturated heterocycles. The zero-order valence-electron chi connectivity index (χ0n) is 10.5. The second-order valence-electron chi connectivity index (χ2n) is 5.27. The van der Waals surface area contributed by atoms with Crippen molar-refractivity contribution in [3.63, 3.8) is 0 Å². The molecule has 1 fully saturated rings. The molecular weight excluding hydrogens is 208 g/mol. The highest BCUT2D eigenvalue weighted by atomic mass is 16.6. The number of nitrogens with zero attached hydrogens (tertiary/aromatic N) is 1. The maximum Gasteiger partial charge on any atom is 0.410 e. The van der Waals surface area contributed by atoms with E-state index in [0.29, 0.717) is 6.54 Å². The van der Waals surface area contributed by atoms with Gasteiger partial charge in [-0.1, -0.05) is 0 Å². The zero-order valence-corrected chi connectivity index (χ0v) is 10.5. The van der Waals surface area contributed by atoms with E-state index in [2.05, 4.69) is 5.32 Å². The molecule has 2 atom stereocenters. The van der Waals surface area contributed by atoms with Crippen molar-refractivity contribution < 1.29 is 14.6 Å². The predicted octanol–water partition coefficient (Wildman–Crippen LogP) is 0.576. The number of rotatable bonds is 2. The van der Waals surface area contributed by atoms with E-state index >= 15 is 0 Å². The summed E-state index contributed by atoms with van der Waals surface area (Å²) in [6.07, 6.45) is 0.463. The summed E-state index contributed by atoms with van der Waals surface area (Å²) in [5.41, 5.74) is -0.465. The van der Waals surface area contributed by atoms with E-state index in [4.69, 9.17) is 9.84 Å². The van der Waals surface area contributed by atoms with Crippen LogP contribution in [0.3, 0.4) is 0 Å². The van der Waals surface area contributed by atoms with Crippen molar-refractivity contribution in [1.29, 1.82) is 0 Å². The number of carbonyl (C=O) groups excluding carboxylic acids is 1. The summed E-state index contributed by atoms with van der Waals surface area (Å²) in [5.74, 6) is 0. The molecule has 2 N–H and O–H groups in total. The molecule has 1 amide bonds. The molecule has 0 spiro atoms. The molecule has 0 radical (unpaired) electrons. The van der Waals surface area contributed by atoms with E-state index in [1.807, 2.05) is 20.8 Å². The molecule has 5 heteroatoms. The van der Waals surface area contributed by atoms with Crippen LogP contribution in [-0.2, 0) is 4.74 Å². The summed E-state index contributed by atoms with van der Waals surface area (Å²) >= 11 is 0. The summed E-state index contributed by atoms with van der Waals surface area (Å²) in [5, 5.41) is 12.1. The van der Waals surface area contributed by atoms with E-state index in [0.717, 1.165) is 6.42 Å². The van der Waals surface area contributed by atoms with Gasteiger partial charge in [-0.3, -0.25) is 0 Å². The molecular formula is C11H22N2O3. The Kier molecular flexibility index (Phi) is 4.15. The average molecular weight is 230 g/mol. The van der Waals surface area contributed by atoms with Crippen molar-refractivity contribution in [2.24, 2.45) is 0 Å². The third-order valence-electron chi connectivity index (χ3n) is 2.65. The molecule has 0 aromatic rings. The first-order chi connectivity index (χ1) is 7.33. The number of hydrogen-bond acceptors (Lipinski definition) is 4. The number of hydrogen-bond donors (Lipinski definition) is 2. The lowest BCUT2D eigenvalue weighted by Crippen LogP contribution is -2.41. The smallest absolute Gasteiger partial charge is 0.410 e. The largest absolute Gasteiger partial charge is 0.444 e. The normalized spacial score (nSPS) is 25.6. The van der Waals surface area contributed by atoms with Gasteiger partial charge in [0.15, 0.2) is 0 Å². The average Bonchev–Trinajstić information content (AvgIpc) is 2.61. The van der Waals surface area contributed by atoms with Gasteiger partial charge in [0.25, 0.3) is 0 Å². The Morgan fingerprint density at radius 2 is 2.19 bits per heavy atom. The van der Waals surface area contributed by atoms with Crippen LogP contribution in [0.5, 0.6) is 0 Å². The van der Waals surface area contributed by atoms with Crippen molar-refractivity contribution >= 4 is 6.09 Å². The van der Waals surface area contributed by atoms with Crippen LogP contribution in [0.4, 0.5) is 4.79 Å². The molecule has 1 aliphatic rings. The van der Waals surface area contributed by atoms with Crippen LogP contribution in [0.2, 0.25) is 0 Å². The maximum absolute atomic E-state index is 11.8. The Hall–Kier alpha value is -0.810. The molecule has 94 valence electrons. The van der Waals surface area contributed by atoms with Crippen LogP contribution < -0.4 is 5.32 Å². The van der Waals surface area contributed by atoms with Crippen LogP contribution in [0, 0.1) is 0 Å². The summed E-state index contributed by atoms with van der Waals surface area (Å²) < 4.78 is 5.28. The quantitative estimate of drug-likeness (QED) is 0.728. The molecule has 16 heavy (non-hydrogen) atoms.